The van der Waals surface area contributed by atoms with Gasteiger partial charge in [-0.3, -0.25) is 9.59 Å². The Hall–Kier alpha value is -3.46. The third-order valence-corrected chi connectivity index (χ3v) is 10.0. The Morgan fingerprint density at radius 2 is 1.63 bits per heavy atom. The molecule has 2 fully saturated rings. The zero-order valence-electron chi connectivity index (χ0n) is 24.4. The molecule has 43 heavy (non-hydrogen) atoms. The zero-order chi connectivity index (χ0) is 30.8. The SMILES string of the molecule is COc1cc(C(=O)N2CCC(CCN3CCC(C(N)=O)(c4ccccc4)CC3)(c3ccc(Cl)c(Cl)c3)C2)cc(O)c1OC. The zero-order valence-corrected chi connectivity index (χ0v) is 26.0. The second-order valence-corrected chi connectivity index (χ2v) is 12.3. The van der Waals surface area contributed by atoms with E-state index in [2.05, 4.69) is 4.90 Å². The molecule has 2 heterocycles. The van der Waals surface area contributed by atoms with Crippen molar-refractivity contribution in [2.75, 3.05) is 46.9 Å². The van der Waals surface area contributed by atoms with Crippen molar-refractivity contribution in [3.8, 4) is 17.2 Å². The van der Waals surface area contributed by atoms with Crippen LogP contribution in [0, 0.1) is 0 Å². The van der Waals surface area contributed by atoms with Crippen LogP contribution in [0.15, 0.2) is 60.7 Å². The fraction of sp³-hybridized carbons (Fsp3) is 0.394. The summed E-state index contributed by atoms with van der Waals surface area (Å²) in [6.45, 7) is 3.27. The second-order valence-electron chi connectivity index (χ2n) is 11.5. The lowest BCUT2D eigenvalue weighted by Crippen LogP contribution is -2.50. The number of likely N-dealkylation sites (tertiary alicyclic amines) is 2. The number of hydrogen-bond acceptors (Lipinski definition) is 6. The predicted octanol–water partition coefficient (Wildman–Crippen LogP) is 5.41. The van der Waals surface area contributed by atoms with Crippen molar-refractivity contribution in [1.82, 2.24) is 9.80 Å². The summed E-state index contributed by atoms with van der Waals surface area (Å²) in [4.78, 5) is 30.6. The molecule has 2 saturated heterocycles. The van der Waals surface area contributed by atoms with E-state index < -0.39 is 5.41 Å². The van der Waals surface area contributed by atoms with Crippen LogP contribution in [0.25, 0.3) is 0 Å². The Morgan fingerprint density at radius 1 is 0.907 bits per heavy atom. The third-order valence-electron chi connectivity index (χ3n) is 9.29. The molecule has 0 aliphatic carbocycles. The maximum Gasteiger partial charge on any atom is 0.254 e. The first-order chi connectivity index (χ1) is 20.6. The van der Waals surface area contributed by atoms with Gasteiger partial charge in [-0.1, -0.05) is 59.6 Å². The molecule has 0 bridgehead atoms. The standard InChI is InChI=1S/C33H37Cl2N3O5/c1-42-28-19-22(18-27(39)29(28)43-2)30(40)38-17-11-32(21-38,24-8-9-25(34)26(35)20-24)10-14-37-15-12-33(13-16-37,31(36)41)23-6-4-3-5-7-23/h3-9,18-20,39H,10-17,21H2,1-2H3,(H2,36,41). The topological polar surface area (TPSA) is 105 Å². The van der Waals surface area contributed by atoms with Gasteiger partial charge >= 0.3 is 0 Å². The number of amides is 2. The highest BCUT2D eigenvalue weighted by atomic mass is 35.5. The highest BCUT2D eigenvalue weighted by Crippen LogP contribution is 2.43. The molecule has 8 nitrogen and oxygen atoms in total. The number of carbonyl (C=O) groups excluding carboxylic acids is 2. The van der Waals surface area contributed by atoms with E-state index in [1.165, 1.54) is 20.3 Å². The summed E-state index contributed by atoms with van der Waals surface area (Å²) in [6.07, 6.45) is 2.82. The number of phenolic OH excluding ortho intramolecular Hbond substituents is 1. The van der Waals surface area contributed by atoms with Gasteiger partial charge in [0.1, 0.15) is 0 Å². The molecule has 10 heteroatoms. The number of nitrogens with two attached hydrogens (primary N) is 1. The maximum absolute atomic E-state index is 13.7. The van der Waals surface area contributed by atoms with Crippen LogP contribution >= 0.6 is 23.2 Å². The first-order valence-electron chi connectivity index (χ1n) is 14.4. The minimum atomic E-state index is -0.666. The van der Waals surface area contributed by atoms with E-state index in [1.807, 2.05) is 47.4 Å². The summed E-state index contributed by atoms with van der Waals surface area (Å²) in [7, 11) is 2.90. The van der Waals surface area contributed by atoms with Crippen LogP contribution in [0.2, 0.25) is 10.0 Å². The molecule has 0 radical (unpaired) electrons. The molecule has 0 aromatic heterocycles. The van der Waals surface area contributed by atoms with Crippen LogP contribution in [0.1, 0.15) is 47.2 Å². The number of piperidine rings is 1. The number of methoxy groups -OCH3 is 2. The number of nitrogens with zero attached hydrogens (tertiary/aromatic N) is 2. The van der Waals surface area contributed by atoms with E-state index in [0.717, 1.165) is 43.6 Å². The molecule has 3 aromatic rings. The molecule has 2 amide bonds. The Kier molecular flexibility index (Phi) is 9.11. The predicted molar refractivity (Wildman–Crippen MR) is 167 cm³/mol. The summed E-state index contributed by atoms with van der Waals surface area (Å²) >= 11 is 12.7. The maximum atomic E-state index is 13.7. The van der Waals surface area contributed by atoms with Gasteiger partial charge in [-0.25, -0.2) is 0 Å². The Balaban J connectivity index is 1.35. The third kappa shape index (κ3) is 6.01. The van der Waals surface area contributed by atoms with E-state index in [9.17, 15) is 14.7 Å². The van der Waals surface area contributed by atoms with Crippen LogP contribution in [-0.4, -0.2) is 73.7 Å². The molecular formula is C33H37Cl2N3O5. The van der Waals surface area contributed by atoms with Gasteiger partial charge in [0.05, 0.1) is 29.7 Å². The highest BCUT2D eigenvalue weighted by molar-refractivity contribution is 6.42. The minimum absolute atomic E-state index is 0.159. The molecule has 2 aliphatic heterocycles. The first kappa shape index (κ1) is 31.0. The van der Waals surface area contributed by atoms with E-state index >= 15 is 0 Å². The van der Waals surface area contributed by atoms with E-state index in [4.69, 9.17) is 38.4 Å². The average molecular weight is 627 g/mol. The van der Waals surface area contributed by atoms with Crippen molar-refractivity contribution in [1.29, 1.82) is 0 Å². The Labute approximate surface area is 262 Å². The number of primary amides is 1. The molecule has 0 saturated carbocycles. The Morgan fingerprint density at radius 3 is 2.26 bits per heavy atom. The quantitative estimate of drug-likeness (QED) is 0.329. The van der Waals surface area contributed by atoms with Gasteiger partial charge in [0.15, 0.2) is 11.5 Å². The van der Waals surface area contributed by atoms with Gasteiger partial charge in [0.25, 0.3) is 5.91 Å². The number of ether oxygens (including phenoxy) is 2. The van der Waals surface area contributed by atoms with Crippen LogP contribution in [0.3, 0.4) is 0 Å². The lowest BCUT2D eigenvalue weighted by Gasteiger charge is -2.41. The average Bonchev–Trinajstić information content (AvgIpc) is 3.46. The van der Waals surface area contributed by atoms with Gasteiger partial charge < -0.3 is 30.1 Å². The fourth-order valence-electron chi connectivity index (χ4n) is 6.67. The lowest BCUT2D eigenvalue weighted by atomic mass is 9.71. The van der Waals surface area contributed by atoms with Crippen molar-refractivity contribution < 1.29 is 24.2 Å². The van der Waals surface area contributed by atoms with E-state index in [1.54, 1.807) is 12.1 Å². The number of aromatic hydroxyl groups is 1. The number of halogens is 2. The van der Waals surface area contributed by atoms with Crippen molar-refractivity contribution in [3.63, 3.8) is 0 Å². The molecular weight excluding hydrogens is 589 g/mol. The number of hydrogen-bond donors (Lipinski definition) is 2. The Bertz CT molecular complexity index is 1490. The van der Waals surface area contributed by atoms with E-state index in [-0.39, 0.29) is 34.5 Å². The summed E-state index contributed by atoms with van der Waals surface area (Å²) in [6, 6.07) is 18.5. The summed E-state index contributed by atoms with van der Waals surface area (Å²) in [5.74, 6) is -0.178. The minimum Gasteiger partial charge on any atom is -0.504 e. The molecule has 3 aromatic carbocycles. The van der Waals surface area contributed by atoms with Crippen LogP contribution in [-0.2, 0) is 15.6 Å². The highest BCUT2D eigenvalue weighted by Gasteiger charge is 2.44. The summed E-state index contributed by atoms with van der Waals surface area (Å²) in [5, 5.41) is 11.4. The van der Waals surface area contributed by atoms with Gasteiger partial charge in [0.2, 0.25) is 11.7 Å². The molecule has 2 aliphatic rings. The normalized spacial score (nSPS) is 20.1. The number of rotatable bonds is 9. The molecule has 5 rings (SSSR count). The number of carbonyl (C=O) groups is 2. The van der Waals surface area contributed by atoms with Gasteiger partial charge in [-0.2, -0.15) is 0 Å². The molecule has 3 N–H and O–H groups in total. The summed E-state index contributed by atoms with van der Waals surface area (Å²) in [5.41, 5.74) is 7.26. The molecule has 0 spiro atoms. The summed E-state index contributed by atoms with van der Waals surface area (Å²) < 4.78 is 10.6. The second kappa shape index (κ2) is 12.6. The number of phenols is 1. The van der Waals surface area contributed by atoms with E-state index in [0.29, 0.717) is 41.5 Å². The van der Waals surface area contributed by atoms with Crippen molar-refractivity contribution in [2.45, 2.75) is 36.5 Å². The van der Waals surface area contributed by atoms with Crippen molar-refractivity contribution in [2.24, 2.45) is 5.73 Å². The van der Waals surface area contributed by atoms with Gasteiger partial charge in [-0.05, 0) is 80.7 Å². The largest absolute Gasteiger partial charge is 0.504 e. The van der Waals surface area contributed by atoms with Gasteiger partial charge in [-0.15, -0.1) is 0 Å². The van der Waals surface area contributed by atoms with Crippen LogP contribution in [0.4, 0.5) is 0 Å². The van der Waals surface area contributed by atoms with Crippen LogP contribution in [0.5, 0.6) is 17.2 Å². The van der Waals surface area contributed by atoms with Crippen molar-refractivity contribution >= 4 is 35.0 Å². The van der Waals surface area contributed by atoms with Crippen LogP contribution < -0.4 is 15.2 Å². The number of benzene rings is 3. The fourth-order valence-corrected chi connectivity index (χ4v) is 6.97. The monoisotopic (exact) mass is 625 g/mol. The smallest absolute Gasteiger partial charge is 0.254 e. The lowest BCUT2D eigenvalue weighted by molar-refractivity contribution is -0.125. The first-order valence-corrected chi connectivity index (χ1v) is 15.2. The molecule has 228 valence electrons. The van der Waals surface area contributed by atoms with Gasteiger partial charge in [0, 0.05) is 24.1 Å². The molecule has 1 atom stereocenters. The molecule has 1 unspecified atom stereocenters. The van der Waals surface area contributed by atoms with Crippen molar-refractivity contribution in [3.05, 3.63) is 87.4 Å².